The molecule has 0 aromatic heterocycles. The van der Waals surface area contributed by atoms with Crippen molar-refractivity contribution in [3.05, 3.63) is 129 Å². The minimum atomic E-state index is -4.21. The van der Waals surface area contributed by atoms with Gasteiger partial charge in [0.25, 0.3) is 10.0 Å². The van der Waals surface area contributed by atoms with Crippen LogP contribution in [0.4, 0.5) is 5.69 Å². The summed E-state index contributed by atoms with van der Waals surface area (Å²) >= 11 is 10.0. The van der Waals surface area contributed by atoms with Crippen molar-refractivity contribution in [1.82, 2.24) is 10.2 Å². The summed E-state index contributed by atoms with van der Waals surface area (Å²) in [5.41, 5.74) is 2.51. The lowest BCUT2D eigenvalue weighted by molar-refractivity contribution is -0.140. The first-order chi connectivity index (χ1) is 22.6. The number of nitrogens with zero attached hydrogens (tertiary/aromatic N) is 2. The number of halogens is 2. The molecule has 1 aliphatic carbocycles. The molecule has 1 atom stereocenters. The molecule has 4 aromatic carbocycles. The molecule has 1 saturated carbocycles. The molecule has 1 fully saturated rings. The molecule has 0 unspecified atom stereocenters. The largest absolute Gasteiger partial charge is 0.352 e. The number of hydrogen-bond donors (Lipinski definition) is 1. The van der Waals surface area contributed by atoms with E-state index in [-0.39, 0.29) is 29.8 Å². The molecule has 0 heterocycles. The predicted octanol–water partition coefficient (Wildman–Crippen LogP) is 7.70. The van der Waals surface area contributed by atoms with Gasteiger partial charge in [0.05, 0.1) is 10.6 Å². The molecular formula is C37H39BrClN3O4S. The molecule has 246 valence electrons. The average Bonchev–Trinajstić information content (AvgIpc) is 3.08. The summed E-state index contributed by atoms with van der Waals surface area (Å²) in [5, 5.41) is 3.62. The van der Waals surface area contributed by atoms with Crippen molar-refractivity contribution < 1.29 is 18.0 Å². The molecular weight excluding hydrogens is 698 g/mol. The predicted molar refractivity (Wildman–Crippen MR) is 191 cm³/mol. The molecule has 0 bridgehead atoms. The van der Waals surface area contributed by atoms with Gasteiger partial charge in [0, 0.05) is 28.5 Å². The minimum Gasteiger partial charge on any atom is -0.352 e. The molecule has 47 heavy (non-hydrogen) atoms. The van der Waals surface area contributed by atoms with E-state index in [2.05, 4.69) is 21.2 Å². The van der Waals surface area contributed by atoms with Crippen molar-refractivity contribution >= 4 is 55.1 Å². The van der Waals surface area contributed by atoms with Crippen LogP contribution in [-0.4, -0.2) is 43.8 Å². The standard InChI is InChI=1S/C37H39BrClN3O4S/c1-27-33(39)21-12-22-34(27)42(47(45,46)32-19-9-4-10-20-32)26-36(43)41(25-29-15-11-16-30(38)23-29)35(24-28-13-5-2-6-14-28)37(44)40-31-17-7-3-8-18-31/h2,4-6,9-16,19-23,31,35H,3,7-8,17-18,24-26H2,1H3,(H,40,44)/t35-/m1/s1. The third kappa shape index (κ3) is 8.83. The number of anilines is 1. The molecule has 0 spiro atoms. The van der Waals surface area contributed by atoms with Gasteiger partial charge in [-0.3, -0.25) is 13.9 Å². The summed E-state index contributed by atoms with van der Waals surface area (Å²) in [6, 6.07) is 29.3. The second-order valence-electron chi connectivity index (χ2n) is 11.9. The number of hydrogen-bond acceptors (Lipinski definition) is 4. The highest BCUT2D eigenvalue weighted by atomic mass is 79.9. The number of carbonyl (C=O) groups excluding carboxylic acids is 2. The smallest absolute Gasteiger partial charge is 0.264 e. The normalized spacial score (nSPS) is 14.3. The van der Waals surface area contributed by atoms with Crippen molar-refractivity contribution in [2.75, 3.05) is 10.8 Å². The van der Waals surface area contributed by atoms with Gasteiger partial charge in [-0.25, -0.2) is 8.42 Å². The van der Waals surface area contributed by atoms with Crippen LogP contribution in [0.2, 0.25) is 5.02 Å². The first kappa shape index (κ1) is 34.7. The quantitative estimate of drug-likeness (QED) is 0.162. The van der Waals surface area contributed by atoms with E-state index in [0.29, 0.717) is 16.3 Å². The van der Waals surface area contributed by atoms with Crippen LogP contribution in [0.25, 0.3) is 0 Å². The molecule has 4 aromatic rings. The van der Waals surface area contributed by atoms with E-state index in [1.807, 2.05) is 54.6 Å². The molecule has 0 radical (unpaired) electrons. The van der Waals surface area contributed by atoms with Gasteiger partial charge in [0.2, 0.25) is 11.8 Å². The van der Waals surface area contributed by atoms with E-state index < -0.39 is 28.5 Å². The first-order valence-corrected chi connectivity index (χ1v) is 18.5. The fourth-order valence-electron chi connectivity index (χ4n) is 6.03. The van der Waals surface area contributed by atoms with Gasteiger partial charge in [0.1, 0.15) is 12.6 Å². The van der Waals surface area contributed by atoms with Gasteiger partial charge in [-0.2, -0.15) is 0 Å². The van der Waals surface area contributed by atoms with E-state index in [0.717, 1.165) is 52.0 Å². The summed E-state index contributed by atoms with van der Waals surface area (Å²) in [7, 11) is -4.21. The SMILES string of the molecule is Cc1c(Cl)cccc1N(CC(=O)N(Cc1cccc(Br)c1)[C@H](Cc1ccccc1)C(=O)NC1CCCCC1)S(=O)(=O)c1ccccc1. The van der Waals surface area contributed by atoms with Crippen molar-refractivity contribution in [3.8, 4) is 0 Å². The topological polar surface area (TPSA) is 86.8 Å². The number of benzene rings is 4. The van der Waals surface area contributed by atoms with Gasteiger partial charge < -0.3 is 10.2 Å². The average molecular weight is 737 g/mol. The number of amides is 2. The van der Waals surface area contributed by atoms with Crippen LogP contribution in [0.5, 0.6) is 0 Å². The fourth-order valence-corrected chi connectivity index (χ4v) is 8.14. The maximum atomic E-state index is 14.7. The Morgan fingerprint density at radius 1 is 0.872 bits per heavy atom. The van der Waals surface area contributed by atoms with Gasteiger partial charge in [-0.1, -0.05) is 114 Å². The van der Waals surface area contributed by atoms with Crippen LogP contribution < -0.4 is 9.62 Å². The zero-order chi connectivity index (χ0) is 33.4. The van der Waals surface area contributed by atoms with Crippen LogP contribution in [-0.2, 0) is 32.6 Å². The first-order valence-electron chi connectivity index (χ1n) is 15.8. The van der Waals surface area contributed by atoms with Crippen molar-refractivity contribution in [1.29, 1.82) is 0 Å². The number of sulfonamides is 1. The molecule has 5 rings (SSSR count). The second kappa shape index (κ2) is 16.0. The highest BCUT2D eigenvalue weighted by Gasteiger charge is 2.36. The zero-order valence-corrected chi connectivity index (χ0v) is 29.5. The number of nitrogens with one attached hydrogen (secondary N) is 1. The van der Waals surface area contributed by atoms with E-state index >= 15 is 0 Å². The number of carbonyl (C=O) groups is 2. The van der Waals surface area contributed by atoms with E-state index in [1.165, 1.54) is 17.0 Å². The van der Waals surface area contributed by atoms with Crippen molar-refractivity contribution in [2.24, 2.45) is 0 Å². The van der Waals surface area contributed by atoms with Crippen LogP contribution >= 0.6 is 27.5 Å². The van der Waals surface area contributed by atoms with Gasteiger partial charge in [-0.05, 0) is 72.9 Å². The molecule has 0 saturated heterocycles. The summed E-state index contributed by atoms with van der Waals surface area (Å²) in [6.45, 7) is 1.29. The van der Waals surface area contributed by atoms with Crippen molar-refractivity contribution in [3.63, 3.8) is 0 Å². The van der Waals surface area contributed by atoms with Gasteiger partial charge >= 0.3 is 0 Å². The molecule has 2 amide bonds. The fraction of sp³-hybridized carbons (Fsp3) is 0.297. The molecule has 10 heteroatoms. The van der Waals surface area contributed by atoms with E-state index in [4.69, 9.17) is 11.6 Å². The lowest BCUT2D eigenvalue weighted by atomic mass is 9.94. The van der Waals surface area contributed by atoms with Crippen molar-refractivity contribution in [2.45, 2.75) is 69.0 Å². The Morgan fingerprint density at radius 2 is 1.51 bits per heavy atom. The van der Waals surface area contributed by atoms with Crippen LogP contribution in [0.1, 0.15) is 48.8 Å². The number of rotatable bonds is 12. The Balaban J connectivity index is 1.58. The van der Waals surface area contributed by atoms with E-state index in [9.17, 15) is 18.0 Å². The molecule has 1 N–H and O–H groups in total. The van der Waals surface area contributed by atoms with Crippen LogP contribution in [0, 0.1) is 6.92 Å². The summed E-state index contributed by atoms with van der Waals surface area (Å²) < 4.78 is 30.4. The Labute approximate surface area is 291 Å². The Morgan fingerprint density at radius 3 is 2.19 bits per heavy atom. The lowest BCUT2D eigenvalue weighted by Crippen LogP contribution is -2.55. The summed E-state index contributed by atoms with van der Waals surface area (Å²) in [5.74, 6) is -0.760. The molecule has 7 nitrogen and oxygen atoms in total. The highest BCUT2D eigenvalue weighted by molar-refractivity contribution is 9.10. The lowest BCUT2D eigenvalue weighted by Gasteiger charge is -2.35. The second-order valence-corrected chi connectivity index (χ2v) is 15.1. The molecule has 1 aliphatic rings. The Hall–Kier alpha value is -3.66. The monoisotopic (exact) mass is 735 g/mol. The highest BCUT2D eigenvalue weighted by Crippen LogP contribution is 2.31. The maximum Gasteiger partial charge on any atom is 0.264 e. The maximum absolute atomic E-state index is 14.7. The Kier molecular flexibility index (Phi) is 11.8. The summed E-state index contributed by atoms with van der Waals surface area (Å²) in [4.78, 5) is 30.5. The van der Waals surface area contributed by atoms with Gasteiger partial charge in [0.15, 0.2) is 0 Å². The van der Waals surface area contributed by atoms with Crippen LogP contribution in [0.3, 0.4) is 0 Å². The van der Waals surface area contributed by atoms with E-state index in [1.54, 1.807) is 43.3 Å². The Bertz CT molecular complexity index is 1780. The van der Waals surface area contributed by atoms with Gasteiger partial charge in [-0.15, -0.1) is 0 Å². The third-order valence-electron chi connectivity index (χ3n) is 8.58. The third-order valence-corrected chi connectivity index (χ3v) is 11.3. The summed E-state index contributed by atoms with van der Waals surface area (Å²) in [6.07, 6.45) is 5.27. The zero-order valence-electron chi connectivity index (χ0n) is 26.3. The van der Waals surface area contributed by atoms with Crippen LogP contribution in [0.15, 0.2) is 112 Å². The minimum absolute atomic E-state index is 0.0291. The molecule has 0 aliphatic heterocycles.